The van der Waals surface area contributed by atoms with Crippen LogP contribution >= 0.6 is 0 Å². The highest BCUT2D eigenvalue weighted by molar-refractivity contribution is 5.99. The Hall–Kier alpha value is -2.26. The number of piperazine rings is 1. The summed E-state index contributed by atoms with van der Waals surface area (Å²) in [5, 5.41) is 10.9. The summed E-state index contributed by atoms with van der Waals surface area (Å²) in [4.78, 5) is 27.9. The molecule has 0 aliphatic carbocycles. The Morgan fingerprint density at radius 1 is 1.41 bits per heavy atom. The minimum atomic E-state index is -0.296. The third-order valence-electron chi connectivity index (χ3n) is 2.36. The van der Waals surface area contributed by atoms with E-state index in [9.17, 15) is 9.59 Å². The number of hydrogen-bond acceptors (Lipinski definition) is 5. The first-order valence-corrected chi connectivity index (χ1v) is 5.07. The Kier molecular flexibility index (Phi) is 3.12. The van der Waals surface area contributed by atoms with Gasteiger partial charge in [0.25, 0.3) is 0 Å². The van der Waals surface area contributed by atoms with E-state index in [1.807, 2.05) is 6.07 Å². The van der Waals surface area contributed by atoms with Gasteiger partial charge in [-0.15, -0.1) is 0 Å². The van der Waals surface area contributed by atoms with Crippen LogP contribution in [0.2, 0.25) is 0 Å². The van der Waals surface area contributed by atoms with Crippen LogP contribution in [0.25, 0.3) is 0 Å². The summed E-state index contributed by atoms with van der Waals surface area (Å²) < 4.78 is 0. The minimum absolute atomic E-state index is 0.190. The molecule has 0 radical (unpaired) electrons. The van der Waals surface area contributed by atoms with Crippen molar-refractivity contribution in [2.45, 2.75) is 6.54 Å². The van der Waals surface area contributed by atoms with Crippen LogP contribution in [-0.4, -0.2) is 34.8 Å². The van der Waals surface area contributed by atoms with Gasteiger partial charge in [-0.3, -0.25) is 19.8 Å². The van der Waals surface area contributed by atoms with Crippen LogP contribution in [-0.2, 0) is 16.1 Å². The van der Waals surface area contributed by atoms with Gasteiger partial charge in [0.05, 0.1) is 13.1 Å². The molecule has 0 bridgehead atoms. The SMILES string of the molecule is N#Cc1cc(CN2CC(=O)NC(=O)C2)ccn1. The Morgan fingerprint density at radius 3 is 2.76 bits per heavy atom. The molecular weight excluding hydrogens is 220 g/mol. The summed E-state index contributed by atoms with van der Waals surface area (Å²) in [6.07, 6.45) is 1.54. The number of hydrogen-bond donors (Lipinski definition) is 1. The number of nitrogens with one attached hydrogen (secondary N) is 1. The van der Waals surface area contributed by atoms with Crippen LogP contribution in [0, 0.1) is 11.3 Å². The molecule has 0 unspecified atom stereocenters. The first kappa shape index (κ1) is 11.2. The van der Waals surface area contributed by atoms with E-state index in [1.165, 1.54) is 0 Å². The average Bonchev–Trinajstić information content (AvgIpc) is 2.28. The first-order chi connectivity index (χ1) is 8.17. The van der Waals surface area contributed by atoms with Crippen molar-refractivity contribution in [3.8, 4) is 6.07 Å². The van der Waals surface area contributed by atoms with Crippen molar-refractivity contribution in [2.24, 2.45) is 0 Å². The van der Waals surface area contributed by atoms with Gasteiger partial charge in [0.2, 0.25) is 11.8 Å². The summed E-state index contributed by atoms with van der Waals surface area (Å²) in [5.41, 5.74) is 1.19. The molecule has 0 spiro atoms. The van der Waals surface area contributed by atoms with Gasteiger partial charge in [0.1, 0.15) is 11.8 Å². The summed E-state index contributed by atoms with van der Waals surface area (Å²) >= 11 is 0. The number of carbonyl (C=O) groups is 2. The molecule has 17 heavy (non-hydrogen) atoms. The summed E-state index contributed by atoms with van der Waals surface area (Å²) in [6, 6.07) is 5.36. The maximum atomic E-state index is 11.2. The Morgan fingerprint density at radius 2 is 2.12 bits per heavy atom. The molecule has 1 aromatic rings. The zero-order valence-corrected chi connectivity index (χ0v) is 9.01. The van der Waals surface area contributed by atoms with Gasteiger partial charge in [-0.2, -0.15) is 5.26 Å². The first-order valence-electron chi connectivity index (χ1n) is 5.07. The van der Waals surface area contributed by atoms with Gasteiger partial charge >= 0.3 is 0 Å². The van der Waals surface area contributed by atoms with Crippen LogP contribution in [0.5, 0.6) is 0 Å². The Labute approximate surface area is 97.9 Å². The van der Waals surface area contributed by atoms with Gasteiger partial charge in [-0.1, -0.05) is 0 Å². The van der Waals surface area contributed by atoms with Crippen molar-refractivity contribution in [1.82, 2.24) is 15.2 Å². The van der Waals surface area contributed by atoms with Gasteiger partial charge in [-0.05, 0) is 17.7 Å². The number of nitrogens with zero attached hydrogens (tertiary/aromatic N) is 3. The van der Waals surface area contributed by atoms with Crippen molar-refractivity contribution < 1.29 is 9.59 Å². The zero-order valence-electron chi connectivity index (χ0n) is 9.01. The number of pyridine rings is 1. The maximum Gasteiger partial charge on any atom is 0.240 e. The minimum Gasteiger partial charge on any atom is -0.294 e. The van der Waals surface area contributed by atoms with Crippen LogP contribution < -0.4 is 5.32 Å². The number of nitriles is 1. The molecule has 86 valence electrons. The van der Waals surface area contributed by atoms with E-state index >= 15 is 0 Å². The van der Waals surface area contributed by atoms with Gasteiger partial charge in [0.15, 0.2) is 0 Å². The standard InChI is InChI=1S/C11H10N4O2/c12-4-9-3-8(1-2-13-9)5-15-6-10(16)14-11(17)7-15/h1-3H,5-7H2,(H,14,16,17). The Balaban J connectivity index is 2.07. The van der Waals surface area contributed by atoms with Crippen molar-refractivity contribution in [1.29, 1.82) is 5.26 Å². The zero-order chi connectivity index (χ0) is 12.3. The number of carbonyl (C=O) groups excluding carboxylic acids is 2. The molecule has 1 aliphatic rings. The number of amides is 2. The molecule has 6 nitrogen and oxygen atoms in total. The van der Waals surface area contributed by atoms with Gasteiger partial charge in [-0.25, -0.2) is 4.98 Å². The highest BCUT2D eigenvalue weighted by atomic mass is 16.2. The summed E-state index contributed by atoms with van der Waals surface area (Å²) in [6.45, 7) is 0.836. The van der Waals surface area contributed by atoms with Gasteiger partial charge in [0, 0.05) is 12.7 Å². The molecule has 6 heteroatoms. The second kappa shape index (κ2) is 4.72. The molecule has 0 aromatic carbocycles. The normalized spacial score (nSPS) is 16.4. The van der Waals surface area contributed by atoms with E-state index in [4.69, 9.17) is 5.26 Å². The van der Waals surface area contributed by atoms with Crippen molar-refractivity contribution in [3.63, 3.8) is 0 Å². The van der Waals surface area contributed by atoms with Crippen LogP contribution in [0.3, 0.4) is 0 Å². The highest BCUT2D eigenvalue weighted by Crippen LogP contribution is 2.06. The summed E-state index contributed by atoms with van der Waals surface area (Å²) in [5.74, 6) is -0.591. The third-order valence-corrected chi connectivity index (χ3v) is 2.36. The highest BCUT2D eigenvalue weighted by Gasteiger charge is 2.22. The number of rotatable bonds is 2. The van der Waals surface area contributed by atoms with Gasteiger partial charge < -0.3 is 0 Å². The fourth-order valence-corrected chi connectivity index (χ4v) is 1.70. The molecule has 1 aromatic heterocycles. The van der Waals surface area contributed by atoms with E-state index in [0.29, 0.717) is 12.2 Å². The second-order valence-corrected chi connectivity index (χ2v) is 3.78. The lowest BCUT2D eigenvalue weighted by atomic mass is 10.2. The maximum absolute atomic E-state index is 11.2. The van der Waals surface area contributed by atoms with Crippen molar-refractivity contribution >= 4 is 11.8 Å². The summed E-state index contributed by atoms with van der Waals surface area (Å²) in [7, 11) is 0. The molecule has 0 atom stereocenters. The fourth-order valence-electron chi connectivity index (χ4n) is 1.70. The lowest BCUT2D eigenvalue weighted by Crippen LogP contribution is -2.50. The monoisotopic (exact) mass is 230 g/mol. The Bertz CT molecular complexity index is 490. The van der Waals surface area contributed by atoms with Crippen molar-refractivity contribution in [3.05, 3.63) is 29.6 Å². The molecule has 1 saturated heterocycles. The number of aromatic nitrogens is 1. The molecular formula is C11H10N4O2. The molecule has 2 heterocycles. The van der Waals surface area contributed by atoms with E-state index in [-0.39, 0.29) is 24.9 Å². The molecule has 1 aliphatic heterocycles. The van der Waals surface area contributed by atoms with E-state index in [1.54, 1.807) is 23.2 Å². The molecule has 2 rings (SSSR count). The quantitative estimate of drug-likeness (QED) is 0.686. The largest absolute Gasteiger partial charge is 0.294 e. The second-order valence-electron chi connectivity index (χ2n) is 3.78. The van der Waals surface area contributed by atoms with Crippen LogP contribution in [0.1, 0.15) is 11.3 Å². The smallest absolute Gasteiger partial charge is 0.240 e. The van der Waals surface area contributed by atoms with E-state index in [2.05, 4.69) is 10.3 Å². The predicted molar refractivity (Wildman–Crippen MR) is 57.4 cm³/mol. The van der Waals surface area contributed by atoms with Crippen molar-refractivity contribution in [2.75, 3.05) is 13.1 Å². The number of imide groups is 1. The van der Waals surface area contributed by atoms with Crippen LogP contribution in [0.4, 0.5) is 0 Å². The van der Waals surface area contributed by atoms with E-state index < -0.39 is 0 Å². The molecule has 0 saturated carbocycles. The van der Waals surface area contributed by atoms with Crippen LogP contribution in [0.15, 0.2) is 18.3 Å². The fraction of sp³-hybridized carbons (Fsp3) is 0.273. The van der Waals surface area contributed by atoms with E-state index in [0.717, 1.165) is 5.56 Å². The predicted octanol–water partition coefficient (Wildman–Crippen LogP) is -0.588. The lowest BCUT2D eigenvalue weighted by Gasteiger charge is -2.25. The topological polar surface area (TPSA) is 86.1 Å². The molecule has 2 amide bonds. The lowest BCUT2D eigenvalue weighted by molar-refractivity contribution is -0.136. The molecule has 1 fully saturated rings. The molecule has 1 N–H and O–H groups in total. The average molecular weight is 230 g/mol. The third kappa shape index (κ3) is 2.86.